The molecule has 0 radical (unpaired) electrons. The molecule has 3 aromatic carbocycles. The molecule has 0 bridgehead atoms. The van der Waals surface area contributed by atoms with Gasteiger partial charge in [0.15, 0.2) is 0 Å². The van der Waals surface area contributed by atoms with Crippen LogP contribution in [0.2, 0.25) is 5.02 Å². The molecule has 0 aromatic heterocycles. The second kappa shape index (κ2) is 12.5. The van der Waals surface area contributed by atoms with Crippen molar-refractivity contribution < 1.29 is 31.1 Å². The summed E-state index contributed by atoms with van der Waals surface area (Å²) in [4.78, 5) is 12.9. The Morgan fingerprint density at radius 2 is 1.62 bits per heavy atom. The van der Waals surface area contributed by atoms with Crippen molar-refractivity contribution in [1.29, 1.82) is 0 Å². The summed E-state index contributed by atoms with van der Waals surface area (Å²) in [5.41, 5.74) is 1.22. The lowest BCUT2D eigenvalue weighted by Crippen LogP contribution is -2.41. The lowest BCUT2D eigenvalue weighted by molar-refractivity contribution is -0.120. The Labute approximate surface area is 239 Å². The second-order valence-corrected chi connectivity index (χ2v) is 13.3. The summed E-state index contributed by atoms with van der Waals surface area (Å²) in [6.45, 7) is 0.449. The molecule has 13 heteroatoms. The fourth-order valence-corrected chi connectivity index (χ4v) is 7.29. The average molecular weight is 608 g/mol. The largest absolute Gasteiger partial charge is 0.497 e. The summed E-state index contributed by atoms with van der Waals surface area (Å²) in [7, 11) is -4.59. The number of piperidine rings is 1. The van der Waals surface area contributed by atoms with E-state index in [1.165, 1.54) is 48.9 Å². The summed E-state index contributed by atoms with van der Waals surface area (Å²) < 4.78 is 65.8. The highest BCUT2D eigenvalue weighted by molar-refractivity contribution is 7.92. The van der Waals surface area contributed by atoms with Crippen LogP contribution >= 0.6 is 11.6 Å². The van der Waals surface area contributed by atoms with E-state index in [1.807, 2.05) is 0 Å². The molecule has 40 heavy (non-hydrogen) atoms. The molecule has 1 aliphatic rings. The van der Waals surface area contributed by atoms with E-state index in [2.05, 4.69) is 10.0 Å². The van der Waals surface area contributed by atoms with Crippen LogP contribution in [0.15, 0.2) is 71.6 Å². The minimum Gasteiger partial charge on any atom is -0.497 e. The number of sulfonamides is 2. The van der Waals surface area contributed by atoms with Crippen LogP contribution in [-0.4, -0.2) is 54.4 Å². The van der Waals surface area contributed by atoms with Crippen LogP contribution in [-0.2, 0) is 30.6 Å². The minimum absolute atomic E-state index is 0.000374. The SMILES string of the molecule is COc1ccc(NS(=O)(=O)c2ccc(NC(=O)C3CCN(S(=O)(=O)Cc4ccccc4Cl)CC3)cc2)c(OC)c1. The molecule has 2 N–H and O–H groups in total. The van der Waals surface area contributed by atoms with Gasteiger partial charge in [0.1, 0.15) is 11.5 Å². The number of nitrogens with one attached hydrogen (secondary N) is 2. The maximum Gasteiger partial charge on any atom is 0.262 e. The second-order valence-electron chi connectivity index (χ2n) is 9.21. The molecule has 1 fully saturated rings. The molecule has 0 unspecified atom stereocenters. The standard InChI is InChI=1S/C27H30ClN3O7S2/c1-37-22-9-12-25(26(17-22)38-2)30-40(35,36)23-10-7-21(8-11-23)29-27(32)19-13-15-31(16-14-19)39(33,34)18-20-5-3-4-6-24(20)28/h3-12,17,19,30H,13-16,18H2,1-2H3,(H,29,32). The van der Waals surface area contributed by atoms with E-state index in [4.69, 9.17) is 21.1 Å². The summed E-state index contributed by atoms with van der Waals surface area (Å²) in [5.74, 6) is -0.00291. The summed E-state index contributed by atoms with van der Waals surface area (Å²) >= 11 is 6.12. The van der Waals surface area contributed by atoms with Gasteiger partial charge in [0, 0.05) is 35.8 Å². The van der Waals surface area contributed by atoms with E-state index in [-0.39, 0.29) is 41.3 Å². The van der Waals surface area contributed by atoms with Crippen LogP contribution in [0.1, 0.15) is 18.4 Å². The van der Waals surface area contributed by atoms with E-state index in [0.717, 1.165) is 0 Å². The van der Waals surface area contributed by atoms with Gasteiger partial charge in [-0.1, -0.05) is 29.8 Å². The molecule has 10 nitrogen and oxygen atoms in total. The van der Waals surface area contributed by atoms with E-state index >= 15 is 0 Å². The number of carbonyl (C=O) groups excluding carboxylic acids is 1. The fraction of sp³-hybridized carbons (Fsp3) is 0.296. The number of benzene rings is 3. The molecule has 1 saturated heterocycles. The maximum atomic E-state index is 12.9. The number of anilines is 2. The van der Waals surface area contributed by atoms with Crippen molar-refractivity contribution in [2.75, 3.05) is 37.3 Å². The monoisotopic (exact) mass is 607 g/mol. The molecule has 3 aromatic rings. The van der Waals surface area contributed by atoms with E-state index in [9.17, 15) is 21.6 Å². The number of amides is 1. The lowest BCUT2D eigenvalue weighted by Gasteiger charge is -2.30. The molecule has 1 heterocycles. The van der Waals surface area contributed by atoms with Gasteiger partial charge in [-0.25, -0.2) is 21.1 Å². The number of ether oxygens (including phenoxy) is 2. The average Bonchev–Trinajstić information content (AvgIpc) is 2.94. The predicted molar refractivity (Wildman–Crippen MR) is 154 cm³/mol. The molecule has 0 saturated carbocycles. The first kappa shape index (κ1) is 29.7. The van der Waals surface area contributed by atoms with Gasteiger partial charge in [0.25, 0.3) is 10.0 Å². The van der Waals surface area contributed by atoms with Crippen LogP contribution in [0, 0.1) is 5.92 Å². The first-order valence-corrected chi connectivity index (χ1v) is 15.9. The molecular weight excluding hydrogens is 578 g/mol. The topological polar surface area (TPSA) is 131 Å². The lowest BCUT2D eigenvalue weighted by atomic mass is 9.97. The number of methoxy groups -OCH3 is 2. The molecule has 1 amide bonds. The number of rotatable bonds is 10. The van der Waals surface area contributed by atoms with E-state index in [1.54, 1.807) is 36.4 Å². The molecule has 0 aliphatic carbocycles. The van der Waals surface area contributed by atoms with Gasteiger partial charge in [-0.15, -0.1) is 0 Å². The fourth-order valence-electron chi connectivity index (χ4n) is 4.35. The predicted octanol–water partition coefficient (Wildman–Crippen LogP) is 4.34. The third kappa shape index (κ3) is 7.05. The van der Waals surface area contributed by atoms with E-state index < -0.39 is 20.0 Å². The van der Waals surface area contributed by atoms with Crippen molar-refractivity contribution >= 4 is 48.9 Å². The Balaban J connectivity index is 1.33. The Morgan fingerprint density at radius 3 is 2.25 bits per heavy atom. The van der Waals surface area contributed by atoms with Crippen molar-refractivity contribution in [1.82, 2.24) is 4.31 Å². The van der Waals surface area contributed by atoms with Crippen molar-refractivity contribution in [3.63, 3.8) is 0 Å². The smallest absolute Gasteiger partial charge is 0.262 e. The van der Waals surface area contributed by atoms with Gasteiger partial charge in [-0.3, -0.25) is 9.52 Å². The van der Waals surface area contributed by atoms with Crippen LogP contribution < -0.4 is 19.5 Å². The zero-order valence-electron chi connectivity index (χ0n) is 22.0. The van der Waals surface area contributed by atoms with Crippen LogP contribution in [0.25, 0.3) is 0 Å². The number of halogens is 1. The molecule has 0 atom stereocenters. The molecule has 1 aliphatic heterocycles. The highest BCUT2D eigenvalue weighted by atomic mass is 35.5. The zero-order chi connectivity index (χ0) is 28.9. The van der Waals surface area contributed by atoms with Gasteiger partial charge in [0.05, 0.1) is 30.6 Å². The quantitative estimate of drug-likeness (QED) is 0.350. The Bertz CT molecular complexity index is 1570. The number of carbonyl (C=O) groups is 1. The summed E-state index contributed by atoms with van der Waals surface area (Å²) in [5, 5.41) is 3.20. The minimum atomic E-state index is -3.93. The Kier molecular flexibility index (Phi) is 9.24. The van der Waals surface area contributed by atoms with Crippen molar-refractivity contribution in [3.05, 3.63) is 77.3 Å². The number of hydrogen-bond donors (Lipinski definition) is 2. The van der Waals surface area contributed by atoms with Crippen LogP contribution in [0.3, 0.4) is 0 Å². The van der Waals surface area contributed by atoms with Gasteiger partial charge in [-0.05, 0) is 60.9 Å². The highest BCUT2D eigenvalue weighted by Gasteiger charge is 2.31. The first-order valence-electron chi connectivity index (χ1n) is 12.4. The maximum absolute atomic E-state index is 12.9. The van der Waals surface area contributed by atoms with Gasteiger partial charge >= 0.3 is 0 Å². The van der Waals surface area contributed by atoms with Gasteiger partial charge < -0.3 is 14.8 Å². The van der Waals surface area contributed by atoms with Crippen molar-refractivity contribution in [3.8, 4) is 11.5 Å². The van der Waals surface area contributed by atoms with Crippen LogP contribution in [0.4, 0.5) is 11.4 Å². The van der Waals surface area contributed by atoms with Crippen molar-refractivity contribution in [2.45, 2.75) is 23.5 Å². The van der Waals surface area contributed by atoms with Gasteiger partial charge in [0.2, 0.25) is 15.9 Å². The summed E-state index contributed by atoms with van der Waals surface area (Å²) in [6.07, 6.45) is 0.737. The third-order valence-electron chi connectivity index (χ3n) is 6.60. The molecule has 4 rings (SSSR count). The normalized spacial score (nSPS) is 14.9. The first-order chi connectivity index (χ1) is 19.0. The van der Waals surface area contributed by atoms with Crippen molar-refractivity contribution in [2.24, 2.45) is 5.92 Å². The van der Waals surface area contributed by atoms with E-state index in [0.29, 0.717) is 40.6 Å². The summed E-state index contributed by atoms with van der Waals surface area (Å²) in [6, 6.07) is 17.3. The van der Waals surface area contributed by atoms with Crippen LogP contribution in [0.5, 0.6) is 11.5 Å². The number of nitrogens with zero attached hydrogens (tertiary/aromatic N) is 1. The Hall–Kier alpha value is -3.32. The molecular formula is C27H30ClN3O7S2. The van der Waals surface area contributed by atoms with Gasteiger partial charge in [-0.2, -0.15) is 0 Å². The highest BCUT2D eigenvalue weighted by Crippen LogP contribution is 2.31. The molecule has 214 valence electrons. The third-order valence-corrected chi connectivity index (χ3v) is 10.2. The number of hydrogen-bond acceptors (Lipinski definition) is 7. The molecule has 0 spiro atoms. The Morgan fingerprint density at radius 1 is 0.950 bits per heavy atom. The zero-order valence-corrected chi connectivity index (χ0v) is 24.4.